The van der Waals surface area contributed by atoms with Gasteiger partial charge in [0.25, 0.3) is 0 Å². The summed E-state index contributed by atoms with van der Waals surface area (Å²) in [5, 5.41) is 4.47. The molecule has 0 atom stereocenters. The molecule has 152 valence electrons. The number of sulfonamides is 1. The van der Waals surface area contributed by atoms with Crippen LogP contribution >= 0.6 is 0 Å². The lowest BCUT2D eigenvalue weighted by Gasteiger charge is -2.23. The second-order valence-corrected chi connectivity index (χ2v) is 8.53. The Morgan fingerprint density at radius 1 is 1.00 bits per heavy atom. The number of amides is 1. The van der Waals surface area contributed by atoms with Crippen LogP contribution in [0, 0.1) is 0 Å². The molecule has 0 radical (unpaired) electrons. The van der Waals surface area contributed by atoms with Crippen molar-refractivity contribution in [3.63, 3.8) is 0 Å². The van der Waals surface area contributed by atoms with Crippen molar-refractivity contribution in [3.05, 3.63) is 72.3 Å². The summed E-state index contributed by atoms with van der Waals surface area (Å²) in [5.41, 5.74) is 1.39. The lowest BCUT2D eigenvalue weighted by atomic mass is 10.1. The highest BCUT2D eigenvalue weighted by atomic mass is 32.2. The Morgan fingerprint density at radius 2 is 1.69 bits per heavy atom. The van der Waals surface area contributed by atoms with Crippen molar-refractivity contribution in [2.75, 3.05) is 23.7 Å². The number of nitrogens with one attached hydrogen (secondary N) is 1. The van der Waals surface area contributed by atoms with Crippen LogP contribution in [0.2, 0.25) is 0 Å². The van der Waals surface area contributed by atoms with Crippen molar-refractivity contribution in [1.82, 2.24) is 5.32 Å². The van der Waals surface area contributed by atoms with Gasteiger partial charge in [0.1, 0.15) is 12.3 Å². The van der Waals surface area contributed by atoms with Gasteiger partial charge in [-0.05, 0) is 36.1 Å². The molecule has 7 heteroatoms. The van der Waals surface area contributed by atoms with Gasteiger partial charge in [0, 0.05) is 11.9 Å². The first kappa shape index (κ1) is 20.7. The standard InChI is InChI=1S/C22H24N2O4S/c1-3-28-19-13-11-17(12-14-19)15-23-22(25)16-24(29(2,26)27)21-10-6-8-18-7-4-5-9-20(18)21/h4-14H,3,15-16H2,1-2H3,(H,23,25). The predicted octanol–water partition coefficient (Wildman–Crippen LogP) is 3.32. The Bertz CT molecular complexity index is 1090. The molecule has 0 unspecified atom stereocenters. The zero-order valence-corrected chi connectivity index (χ0v) is 17.3. The Hall–Kier alpha value is -3.06. The monoisotopic (exact) mass is 412 g/mol. The molecule has 0 fully saturated rings. The van der Waals surface area contributed by atoms with E-state index in [0.29, 0.717) is 18.8 Å². The molecule has 0 aliphatic heterocycles. The summed E-state index contributed by atoms with van der Waals surface area (Å²) in [7, 11) is -3.64. The summed E-state index contributed by atoms with van der Waals surface area (Å²) in [6, 6.07) is 20.3. The molecule has 3 rings (SSSR count). The van der Waals surface area contributed by atoms with Crippen molar-refractivity contribution in [2.45, 2.75) is 13.5 Å². The number of carbonyl (C=O) groups is 1. The number of ether oxygens (including phenoxy) is 1. The van der Waals surface area contributed by atoms with Crippen LogP contribution in [-0.2, 0) is 21.4 Å². The zero-order valence-electron chi connectivity index (χ0n) is 16.5. The van der Waals surface area contributed by atoms with Crippen LogP contribution in [0.25, 0.3) is 10.8 Å². The number of fused-ring (bicyclic) bond motifs is 1. The fraction of sp³-hybridized carbons (Fsp3) is 0.227. The first-order valence-electron chi connectivity index (χ1n) is 9.32. The molecule has 29 heavy (non-hydrogen) atoms. The number of nitrogens with zero attached hydrogens (tertiary/aromatic N) is 1. The van der Waals surface area contributed by atoms with Gasteiger partial charge in [-0.2, -0.15) is 0 Å². The third kappa shape index (κ3) is 5.26. The molecule has 0 saturated heterocycles. The second-order valence-electron chi connectivity index (χ2n) is 6.62. The minimum absolute atomic E-state index is 0.288. The SMILES string of the molecule is CCOc1ccc(CNC(=O)CN(c2cccc3ccccc23)S(C)(=O)=O)cc1. The smallest absolute Gasteiger partial charge is 0.241 e. The molecule has 6 nitrogen and oxygen atoms in total. The Balaban J connectivity index is 1.74. The first-order valence-corrected chi connectivity index (χ1v) is 11.2. The lowest BCUT2D eigenvalue weighted by molar-refractivity contribution is -0.119. The van der Waals surface area contributed by atoms with Gasteiger partial charge < -0.3 is 10.1 Å². The molecule has 0 saturated carbocycles. The average molecular weight is 413 g/mol. The van der Waals surface area contributed by atoms with Crippen molar-refractivity contribution in [3.8, 4) is 5.75 Å². The molecule has 3 aromatic carbocycles. The molecule has 1 N–H and O–H groups in total. The normalized spacial score (nSPS) is 11.2. The van der Waals surface area contributed by atoms with E-state index in [9.17, 15) is 13.2 Å². The highest BCUT2D eigenvalue weighted by Gasteiger charge is 2.22. The Labute approximate surface area is 171 Å². The molecule has 0 aliphatic carbocycles. The molecule has 1 amide bonds. The van der Waals surface area contributed by atoms with Gasteiger partial charge in [-0.1, -0.05) is 48.5 Å². The summed E-state index contributed by atoms with van der Waals surface area (Å²) < 4.78 is 31.4. The largest absolute Gasteiger partial charge is 0.494 e. The van der Waals surface area contributed by atoms with Gasteiger partial charge in [-0.3, -0.25) is 9.10 Å². The Morgan fingerprint density at radius 3 is 2.38 bits per heavy atom. The van der Waals surface area contributed by atoms with E-state index in [1.165, 1.54) is 0 Å². The van der Waals surface area contributed by atoms with Gasteiger partial charge in [0.05, 0.1) is 18.6 Å². The Kier molecular flexibility index (Phi) is 6.39. The van der Waals surface area contributed by atoms with E-state index in [0.717, 1.165) is 32.6 Å². The number of hydrogen-bond donors (Lipinski definition) is 1. The number of rotatable bonds is 8. The number of hydrogen-bond acceptors (Lipinski definition) is 4. The van der Waals surface area contributed by atoms with Crippen molar-refractivity contribution >= 4 is 32.4 Å². The van der Waals surface area contributed by atoms with Crippen LogP contribution < -0.4 is 14.4 Å². The summed E-state index contributed by atoms with van der Waals surface area (Å²) in [6.07, 6.45) is 1.11. The van der Waals surface area contributed by atoms with Crippen LogP contribution in [0.3, 0.4) is 0 Å². The van der Waals surface area contributed by atoms with Crippen LogP contribution in [0.5, 0.6) is 5.75 Å². The summed E-state index contributed by atoms with van der Waals surface area (Å²) in [5.74, 6) is 0.388. The van der Waals surface area contributed by atoms with E-state index in [1.54, 1.807) is 12.1 Å². The van der Waals surface area contributed by atoms with E-state index in [4.69, 9.17) is 4.74 Å². The highest BCUT2D eigenvalue weighted by molar-refractivity contribution is 7.92. The van der Waals surface area contributed by atoms with Crippen molar-refractivity contribution in [2.24, 2.45) is 0 Å². The quantitative estimate of drug-likeness (QED) is 0.616. The zero-order chi connectivity index (χ0) is 20.9. The summed E-state index contributed by atoms with van der Waals surface area (Å²) in [6.45, 7) is 2.52. The van der Waals surface area contributed by atoms with Gasteiger partial charge in [-0.25, -0.2) is 8.42 Å². The third-order valence-corrected chi connectivity index (χ3v) is 5.57. The first-order chi connectivity index (χ1) is 13.9. The maximum Gasteiger partial charge on any atom is 0.241 e. The number of anilines is 1. The van der Waals surface area contributed by atoms with Gasteiger partial charge in [0.15, 0.2) is 0 Å². The van der Waals surface area contributed by atoms with Crippen molar-refractivity contribution in [1.29, 1.82) is 0 Å². The van der Waals surface area contributed by atoms with Crippen molar-refractivity contribution < 1.29 is 17.9 Å². The lowest BCUT2D eigenvalue weighted by Crippen LogP contribution is -2.40. The maximum absolute atomic E-state index is 12.5. The predicted molar refractivity (Wildman–Crippen MR) is 116 cm³/mol. The van der Waals surface area contributed by atoms with Gasteiger partial charge in [-0.15, -0.1) is 0 Å². The summed E-state index contributed by atoms with van der Waals surface area (Å²) in [4.78, 5) is 12.5. The van der Waals surface area contributed by atoms with Gasteiger partial charge in [0.2, 0.25) is 15.9 Å². The number of carbonyl (C=O) groups excluding carboxylic acids is 1. The fourth-order valence-electron chi connectivity index (χ4n) is 3.06. The van der Waals surface area contributed by atoms with Crippen LogP contribution in [0.1, 0.15) is 12.5 Å². The van der Waals surface area contributed by atoms with Crippen LogP contribution in [-0.4, -0.2) is 33.7 Å². The van der Waals surface area contributed by atoms with E-state index in [-0.39, 0.29) is 12.5 Å². The molecular weight excluding hydrogens is 388 g/mol. The van der Waals surface area contributed by atoms with E-state index < -0.39 is 10.0 Å². The molecule has 0 aliphatic rings. The van der Waals surface area contributed by atoms with E-state index in [2.05, 4.69) is 5.32 Å². The van der Waals surface area contributed by atoms with Gasteiger partial charge >= 0.3 is 0 Å². The molecular formula is C22H24N2O4S. The molecule has 0 aromatic heterocycles. The maximum atomic E-state index is 12.5. The average Bonchev–Trinajstić information content (AvgIpc) is 2.70. The van der Waals surface area contributed by atoms with E-state index in [1.807, 2.05) is 61.5 Å². The molecule has 0 heterocycles. The summed E-state index contributed by atoms with van der Waals surface area (Å²) >= 11 is 0. The van der Waals surface area contributed by atoms with Crippen LogP contribution in [0.15, 0.2) is 66.7 Å². The second kappa shape index (κ2) is 8.96. The van der Waals surface area contributed by atoms with Crippen LogP contribution in [0.4, 0.5) is 5.69 Å². The highest BCUT2D eigenvalue weighted by Crippen LogP contribution is 2.28. The molecule has 0 spiro atoms. The minimum Gasteiger partial charge on any atom is -0.494 e. The number of benzene rings is 3. The molecule has 3 aromatic rings. The molecule has 0 bridgehead atoms. The fourth-order valence-corrected chi connectivity index (χ4v) is 3.93. The third-order valence-electron chi connectivity index (χ3n) is 4.45. The minimum atomic E-state index is -3.64. The topological polar surface area (TPSA) is 75.7 Å². The van der Waals surface area contributed by atoms with E-state index >= 15 is 0 Å².